The lowest BCUT2D eigenvalue weighted by atomic mass is 10.1. The summed E-state index contributed by atoms with van der Waals surface area (Å²) in [6.45, 7) is 2.57. The van der Waals surface area contributed by atoms with Crippen molar-refractivity contribution in [2.24, 2.45) is 5.11 Å². The summed E-state index contributed by atoms with van der Waals surface area (Å²) in [7, 11) is 0. The van der Waals surface area contributed by atoms with Gasteiger partial charge in [0.15, 0.2) is 0 Å². The lowest BCUT2D eigenvalue weighted by Gasteiger charge is -2.10. The minimum Gasteiger partial charge on any atom is -0.465 e. The van der Waals surface area contributed by atoms with Gasteiger partial charge < -0.3 is 4.42 Å². The summed E-state index contributed by atoms with van der Waals surface area (Å²) in [5, 5.41) is 11.2. The minimum absolute atomic E-state index is 0.161. The van der Waals surface area contributed by atoms with E-state index in [0.29, 0.717) is 17.9 Å². The first-order valence-electron chi connectivity index (χ1n) is 8.88. The molecule has 0 radical (unpaired) electrons. The van der Waals surface area contributed by atoms with Crippen LogP contribution in [0.4, 0.5) is 0 Å². The number of amides is 1. The minimum atomic E-state index is -0.437. The largest absolute Gasteiger partial charge is 0.465 e. The maximum atomic E-state index is 13.1. The Hall–Kier alpha value is -3.09. The molecule has 0 saturated carbocycles. The van der Waals surface area contributed by atoms with Crippen LogP contribution >= 0.6 is 0 Å². The Kier molecular flexibility index (Phi) is 4.91. The second-order valence-corrected chi connectivity index (χ2v) is 6.49. The highest BCUT2D eigenvalue weighted by molar-refractivity contribution is 5.87. The highest BCUT2D eigenvalue weighted by atomic mass is 16.3. The van der Waals surface area contributed by atoms with Crippen molar-refractivity contribution >= 4 is 5.91 Å². The standard InChI is InChI=1S/C21H21N4O2/c1-15-7-5-10-17(13-15)20(26)25-21(22-14-16-8-3-2-4-9-16)23-19(24-25)18-11-6-12-27-18/h2-13,19,21-23H,14H2,1H3/q+1. The second kappa shape index (κ2) is 7.65. The zero-order valence-corrected chi connectivity index (χ0v) is 15.0. The van der Waals surface area contributed by atoms with Crippen molar-refractivity contribution in [2.75, 3.05) is 0 Å². The molecule has 6 heteroatoms. The Balaban J connectivity index is 1.58. The average Bonchev–Trinajstić information content (AvgIpc) is 3.36. The Morgan fingerprint density at radius 2 is 2.00 bits per heavy atom. The van der Waals surface area contributed by atoms with Gasteiger partial charge >= 0.3 is 12.2 Å². The third-order valence-electron chi connectivity index (χ3n) is 4.43. The third kappa shape index (κ3) is 3.86. The molecule has 0 spiro atoms. The summed E-state index contributed by atoms with van der Waals surface area (Å²) in [5.41, 5.74) is 2.76. The van der Waals surface area contributed by atoms with Crippen molar-refractivity contribution in [3.8, 4) is 0 Å². The van der Waals surface area contributed by atoms with Crippen LogP contribution in [0.2, 0.25) is 0 Å². The Morgan fingerprint density at radius 3 is 2.74 bits per heavy atom. The molecule has 136 valence electrons. The van der Waals surface area contributed by atoms with Crippen molar-refractivity contribution in [2.45, 2.75) is 25.9 Å². The molecule has 3 aromatic rings. The van der Waals surface area contributed by atoms with E-state index in [1.807, 2.05) is 67.6 Å². The van der Waals surface area contributed by atoms with Gasteiger partial charge in [-0.2, -0.15) is 0 Å². The predicted octanol–water partition coefficient (Wildman–Crippen LogP) is 3.57. The molecule has 2 atom stereocenters. The number of carbonyl (C=O) groups is 1. The molecule has 0 fully saturated rings. The first kappa shape index (κ1) is 17.3. The van der Waals surface area contributed by atoms with Crippen molar-refractivity contribution in [3.05, 3.63) is 95.4 Å². The predicted molar refractivity (Wildman–Crippen MR) is 99.9 cm³/mol. The molecular formula is C21H21N4O2+. The van der Waals surface area contributed by atoms with Gasteiger partial charge in [-0.15, -0.1) is 0 Å². The van der Waals surface area contributed by atoms with E-state index in [0.717, 1.165) is 11.1 Å². The van der Waals surface area contributed by atoms with Crippen molar-refractivity contribution in [1.82, 2.24) is 10.6 Å². The summed E-state index contributed by atoms with van der Waals surface area (Å²) in [6, 6.07) is 21.2. The molecule has 1 aliphatic heterocycles. The molecule has 1 amide bonds. The maximum absolute atomic E-state index is 13.1. The molecule has 4 rings (SSSR count). The number of benzene rings is 2. The van der Waals surface area contributed by atoms with E-state index in [1.54, 1.807) is 12.3 Å². The molecular weight excluding hydrogens is 340 g/mol. The lowest BCUT2D eigenvalue weighted by Crippen LogP contribution is -2.47. The molecule has 0 saturated heterocycles. The van der Waals surface area contributed by atoms with E-state index >= 15 is 0 Å². The van der Waals surface area contributed by atoms with Crippen LogP contribution in [0.5, 0.6) is 0 Å². The van der Waals surface area contributed by atoms with Crippen molar-refractivity contribution in [3.63, 3.8) is 0 Å². The third-order valence-corrected chi connectivity index (χ3v) is 4.43. The molecule has 2 N–H and O–H groups in total. The monoisotopic (exact) mass is 361 g/mol. The fraction of sp³-hybridized carbons (Fsp3) is 0.190. The van der Waals surface area contributed by atoms with E-state index < -0.39 is 12.5 Å². The number of nitrogens with zero attached hydrogens (tertiary/aromatic N) is 2. The first-order chi connectivity index (χ1) is 13.2. The molecule has 2 unspecified atom stereocenters. The van der Waals surface area contributed by atoms with Crippen LogP contribution in [0.15, 0.2) is 82.5 Å². The SMILES string of the molecule is Cc1cccc(C(=O)[N+]2=NC(c3ccco3)NC2NCc2ccccc2)c1. The van der Waals surface area contributed by atoms with Gasteiger partial charge in [0.2, 0.25) is 6.17 Å². The Morgan fingerprint density at radius 1 is 1.15 bits per heavy atom. The first-order valence-corrected chi connectivity index (χ1v) is 8.88. The number of rotatable bonds is 5. The zero-order valence-electron chi connectivity index (χ0n) is 15.0. The van der Waals surface area contributed by atoms with Crippen LogP contribution in [-0.2, 0) is 6.54 Å². The maximum Gasteiger partial charge on any atom is 0.446 e. The molecule has 1 aromatic heterocycles. The van der Waals surface area contributed by atoms with Gasteiger partial charge in [0.05, 0.1) is 11.8 Å². The van der Waals surface area contributed by atoms with Crippen LogP contribution < -0.4 is 10.6 Å². The zero-order chi connectivity index (χ0) is 18.6. The van der Waals surface area contributed by atoms with Crippen LogP contribution in [0.3, 0.4) is 0 Å². The number of furan rings is 1. The number of hydrogen-bond donors (Lipinski definition) is 2. The van der Waals surface area contributed by atoms with E-state index in [9.17, 15) is 4.79 Å². The topological polar surface area (TPSA) is 69.6 Å². The van der Waals surface area contributed by atoms with E-state index in [4.69, 9.17) is 4.42 Å². The van der Waals surface area contributed by atoms with Gasteiger partial charge in [-0.3, -0.25) is 0 Å². The molecule has 2 heterocycles. The lowest BCUT2D eigenvalue weighted by molar-refractivity contribution is -0.533. The molecule has 0 bridgehead atoms. The van der Waals surface area contributed by atoms with E-state index in [1.165, 1.54) is 4.70 Å². The van der Waals surface area contributed by atoms with Gasteiger partial charge in [-0.05, 0) is 46.6 Å². The fourth-order valence-corrected chi connectivity index (χ4v) is 3.07. The van der Waals surface area contributed by atoms with Gasteiger partial charge in [0.25, 0.3) is 0 Å². The summed E-state index contributed by atoms with van der Waals surface area (Å²) in [4.78, 5) is 13.1. The van der Waals surface area contributed by atoms with Crippen LogP contribution in [0, 0.1) is 6.92 Å². The summed E-state index contributed by atoms with van der Waals surface area (Å²) < 4.78 is 6.92. The number of azo groups is 2. The smallest absolute Gasteiger partial charge is 0.446 e. The van der Waals surface area contributed by atoms with Crippen molar-refractivity contribution in [1.29, 1.82) is 0 Å². The summed E-state index contributed by atoms with van der Waals surface area (Å²) in [6.07, 6.45) is 0.750. The fourth-order valence-electron chi connectivity index (χ4n) is 3.07. The van der Waals surface area contributed by atoms with Gasteiger partial charge in [0, 0.05) is 6.54 Å². The van der Waals surface area contributed by atoms with Crippen LogP contribution in [0.1, 0.15) is 33.4 Å². The highest BCUT2D eigenvalue weighted by Gasteiger charge is 2.42. The van der Waals surface area contributed by atoms with Gasteiger partial charge in [-0.1, -0.05) is 48.0 Å². The number of hydrogen-bond acceptors (Lipinski definition) is 5. The number of carbonyl (C=O) groups excluding carboxylic acids is 1. The molecule has 0 aliphatic carbocycles. The Labute approximate surface area is 157 Å². The van der Waals surface area contributed by atoms with E-state index in [-0.39, 0.29) is 5.91 Å². The second-order valence-electron chi connectivity index (χ2n) is 6.49. The van der Waals surface area contributed by atoms with Gasteiger partial charge in [0.1, 0.15) is 5.76 Å². The van der Waals surface area contributed by atoms with Crippen LogP contribution in [0.25, 0.3) is 0 Å². The average molecular weight is 361 g/mol. The number of aryl methyl sites for hydroxylation is 1. The van der Waals surface area contributed by atoms with Gasteiger partial charge in [-0.25, -0.2) is 15.4 Å². The number of nitrogens with one attached hydrogen (secondary N) is 2. The molecule has 2 aromatic carbocycles. The Bertz CT molecular complexity index is 951. The van der Waals surface area contributed by atoms with Crippen molar-refractivity contribution < 1.29 is 13.9 Å². The quantitative estimate of drug-likeness (QED) is 0.682. The molecule has 1 aliphatic rings. The summed E-state index contributed by atoms with van der Waals surface area (Å²) in [5.74, 6) is 0.506. The van der Waals surface area contributed by atoms with E-state index in [2.05, 4.69) is 15.7 Å². The normalized spacial score (nSPS) is 19.1. The highest BCUT2D eigenvalue weighted by Crippen LogP contribution is 2.22. The molecule has 6 nitrogen and oxygen atoms in total. The van der Waals surface area contributed by atoms with Crippen LogP contribution in [-0.4, -0.2) is 16.9 Å². The molecule has 27 heavy (non-hydrogen) atoms. The summed E-state index contributed by atoms with van der Waals surface area (Å²) >= 11 is 0.